The van der Waals surface area contributed by atoms with E-state index in [1.165, 1.54) is 38.3 Å². The highest BCUT2D eigenvalue weighted by atomic mass is 16.6. The molecule has 0 aliphatic carbocycles. The second-order valence-corrected chi connectivity index (χ2v) is 5.27. The average Bonchev–Trinajstić information content (AvgIpc) is 2.53. The first kappa shape index (κ1) is 17.2. The Bertz CT molecular complexity index is 794. The maximum absolute atomic E-state index is 12.2. The van der Waals surface area contributed by atoms with Crippen molar-refractivity contribution in [3.05, 3.63) is 62.5 Å². The van der Waals surface area contributed by atoms with E-state index >= 15 is 0 Å². The van der Waals surface area contributed by atoms with Crippen molar-refractivity contribution in [1.82, 2.24) is 5.32 Å². The first-order chi connectivity index (χ1) is 11.3. The van der Waals surface area contributed by atoms with Crippen LogP contribution in [0.4, 0.5) is 5.69 Å². The molecule has 0 bridgehead atoms. The minimum atomic E-state index is -1.47. The van der Waals surface area contributed by atoms with Crippen molar-refractivity contribution in [3.63, 3.8) is 0 Å². The summed E-state index contributed by atoms with van der Waals surface area (Å²) < 4.78 is 4.75. The lowest BCUT2D eigenvalue weighted by atomic mass is 9.80. The quantitative estimate of drug-likeness (QED) is 0.491. The molecule has 0 spiro atoms. The largest absolute Gasteiger partial charge is 0.545 e. The number of ether oxygens (including phenoxy) is 1. The number of methoxy groups -OCH3 is 1. The van der Waals surface area contributed by atoms with E-state index in [9.17, 15) is 24.8 Å². The standard InChI is InChI=1S/C16H16N2O6/c1-8-12(15(19)20)14(13(9(2)17-8)16(21)24-3)10-5-4-6-11(7-10)18(22)23/h4-7,14,17H,1-3H3,(H,19,20)/p-1. The van der Waals surface area contributed by atoms with Gasteiger partial charge in [-0.2, -0.15) is 0 Å². The first-order valence-corrected chi connectivity index (χ1v) is 7.00. The molecule has 8 heteroatoms. The van der Waals surface area contributed by atoms with Gasteiger partial charge in [-0.3, -0.25) is 10.1 Å². The summed E-state index contributed by atoms with van der Waals surface area (Å²) in [6.45, 7) is 3.14. The lowest BCUT2D eigenvalue weighted by Crippen LogP contribution is -2.37. The third-order valence-electron chi connectivity index (χ3n) is 3.80. The van der Waals surface area contributed by atoms with Crippen LogP contribution in [0.5, 0.6) is 0 Å². The number of hydrogen-bond donors (Lipinski definition) is 1. The molecular weight excluding hydrogens is 316 g/mol. The van der Waals surface area contributed by atoms with Gasteiger partial charge in [0, 0.05) is 35.0 Å². The van der Waals surface area contributed by atoms with Crippen LogP contribution in [0.2, 0.25) is 0 Å². The minimum absolute atomic E-state index is 0.0720. The van der Waals surface area contributed by atoms with Gasteiger partial charge in [0.15, 0.2) is 0 Å². The normalized spacial score (nSPS) is 17.4. The molecule has 126 valence electrons. The van der Waals surface area contributed by atoms with Gasteiger partial charge in [0.2, 0.25) is 0 Å². The van der Waals surface area contributed by atoms with E-state index in [0.717, 1.165) is 0 Å². The number of carbonyl (C=O) groups is 2. The number of nitrogens with one attached hydrogen (secondary N) is 1. The van der Waals surface area contributed by atoms with Crippen molar-refractivity contribution in [2.45, 2.75) is 19.8 Å². The number of carboxylic acids is 1. The first-order valence-electron chi connectivity index (χ1n) is 7.00. The number of rotatable bonds is 4. The maximum Gasteiger partial charge on any atom is 0.336 e. The third-order valence-corrected chi connectivity index (χ3v) is 3.80. The Kier molecular flexibility index (Phi) is 4.68. The molecule has 1 aliphatic heterocycles. The van der Waals surface area contributed by atoms with Gasteiger partial charge in [-0.1, -0.05) is 12.1 Å². The zero-order valence-electron chi connectivity index (χ0n) is 13.3. The van der Waals surface area contributed by atoms with E-state index in [0.29, 0.717) is 17.0 Å². The molecule has 0 saturated heterocycles. The summed E-state index contributed by atoms with van der Waals surface area (Å²) in [7, 11) is 1.18. The molecule has 2 rings (SSSR count). The number of benzene rings is 1. The monoisotopic (exact) mass is 331 g/mol. The Hall–Kier alpha value is -3.16. The number of carboxylic acid groups (broad SMARTS) is 1. The third kappa shape index (κ3) is 2.98. The van der Waals surface area contributed by atoms with E-state index in [1.54, 1.807) is 6.92 Å². The van der Waals surface area contributed by atoms with Crippen LogP contribution in [-0.2, 0) is 14.3 Å². The number of nitrogens with zero attached hydrogens (tertiary/aromatic N) is 1. The topological polar surface area (TPSA) is 122 Å². The van der Waals surface area contributed by atoms with Gasteiger partial charge in [0.25, 0.3) is 5.69 Å². The molecule has 1 atom stereocenters. The lowest BCUT2D eigenvalue weighted by molar-refractivity contribution is -0.384. The van der Waals surface area contributed by atoms with Crippen LogP contribution in [0.3, 0.4) is 0 Å². The summed E-state index contributed by atoms with van der Waals surface area (Å²) in [5, 5.41) is 25.4. The SMILES string of the molecule is COC(=O)C1=C(C)NC(C)=C(C(=O)[O-])C1c1cccc([N+](=O)[O-])c1. The van der Waals surface area contributed by atoms with Crippen molar-refractivity contribution in [2.24, 2.45) is 0 Å². The van der Waals surface area contributed by atoms with Crippen LogP contribution in [0, 0.1) is 10.1 Å². The van der Waals surface area contributed by atoms with Crippen LogP contribution in [0.25, 0.3) is 0 Å². The number of esters is 1. The summed E-state index contributed by atoms with van der Waals surface area (Å²) in [5.41, 5.74) is 0.717. The van der Waals surface area contributed by atoms with Crippen LogP contribution < -0.4 is 10.4 Å². The van der Waals surface area contributed by atoms with Gasteiger partial charge in [-0.05, 0) is 19.4 Å². The summed E-state index contributed by atoms with van der Waals surface area (Å²) in [6.07, 6.45) is 0. The molecule has 1 heterocycles. The number of carbonyl (C=O) groups excluding carboxylic acids is 2. The van der Waals surface area contributed by atoms with Crippen LogP contribution in [-0.4, -0.2) is 24.0 Å². The highest BCUT2D eigenvalue weighted by Crippen LogP contribution is 2.39. The van der Waals surface area contributed by atoms with Crippen LogP contribution in [0.15, 0.2) is 46.8 Å². The van der Waals surface area contributed by atoms with Crippen molar-refractivity contribution in [1.29, 1.82) is 0 Å². The van der Waals surface area contributed by atoms with Gasteiger partial charge in [0.05, 0.1) is 23.6 Å². The fourth-order valence-corrected chi connectivity index (χ4v) is 2.80. The van der Waals surface area contributed by atoms with Gasteiger partial charge >= 0.3 is 5.97 Å². The average molecular weight is 331 g/mol. The molecule has 1 N–H and O–H groups in total. The number of nitro benzene ring substituents is 1. The maximum atomic E-state index is 12.2. The molecule has 0 saturated carbocycles. The summed E-state index contributed by atoms with van der Waals surface area (Å²) in [4.78, 5) is 34.2. The van der Waals surface area contributed by atoms with E-state index in [2.05, 4.69) is 5.32 Å². The molecule has 24 heavy (non-hydrogen) atoms. The smallest absolute Gasteiger partial charge is 0.336 e. The Labute approximate surface area is 137 Å². The van der Waals surface area contributed by atoms with E-state index in [4.69, 9.17) is 4.74 Å². The number of hydrogen-bond acceptors (Lipinski definition) is 7. The Balaban J connectivity index is 2.72. The van der Waals surface area contributed by atoms with Crippen molar-refractivity contribution in [3.8, 4) is 0 Å². The van der Waals surface area contributed by atoms with E-state index in [1.807, 2.05) is 0 Å². The molecule has 8 nitrogen and oxygen atoms in total. The van der Waals surface area contributed by atoms with Gasteiger partial charge in [-0.25, -0.2) is 4.79 Å². The highest BCUT2D eigenvalue weighted by Gasteiger charge is 2.34. The Morgan fingerprint density at radius 3 is 2.38 bits per heavy atom. The van der Waals surface area contributed by atoms with Gasteiger partial charge in [0.1, 0.15) is 0 Å². The van der Waals surface area contributed by atoms with Crippen LogP contribution in [0.1, 0.15) is 25.3 Å². The fraction of sp³-hybridized carbons (Fsp3) is 0.250. The lowest BCUT2D eigenvalue weighted by Gasteiger charge is -2.31. The molecule has 0 amide bonds. The fourth-order valence-electron chi connectivity index (χ4n) is 2.80. The Morgan fingerprint density at radius 2 is 1.83 bits per heavy atom. The number of dihydropyridines is 1. The van der Waals surface area contributed by atoms with Gasteiger partial charge < -0.3 is 20.0 Å². The predicted molar refractivity (Wildman–Crippen MR) is 81.4 cm³/mol. The molecular formula is C16H15N2O6-. The summed E-state index contributed by atoms with van der Waals surface area (Å²) in [6, 6.07) is 5.48. The second kappa shape index (κ2) is 6.53. The minimum Gasteiger partial charge on any atom is -0.545 e. The van der Waals surface area contributed by atoms with Crippen LogP contribution >= 0.6 is 0 Å². The van der Waals surface area contributed by atoms with E-state index < -0.39 is 22.8 Å². The second-order valence-electron chi connectivity index (χ2n) is 5.27. The molecule has 1 aromatic rings. The number of nitro groups is 1. The van der Waals surface area contributed by atoms with E-state index in [-0.39, 0.29) is 16.8 Å². The highest BCUT2D eigenvalue weighted by molar-refractivity contribution is 5.98. The molecule has 0 radical (unpaired) electrons. The molecule has 1 unspecified atom stereocenters. The molecule has 1 aliphatic rings. The number of allylic oxidation sites excluding steroid dienone is 2. The van der Waals surface area contributed by atoms with Crippen molar-refractivity contribution in [2.75, 3.05) is 7.11 Å². The Morgan fingerprint density at radius 1 is 1.21 bits per heavy atom. The predicted octanol–water partition coefficient (Wildman–Crippen LogP) is 0.752. The summed E-state index contributed by atoms with van der Waals surface area (Å²) in [5.74, 6) is -3.21. The zero-order valence-corrected chi connectivity index (χ0v) is 13.3. The molecule has 1 aromatic carbocycles. The summed E-state index contributed by atoms with van der Waals surface area (Å²) >= 11 is 0. The molecule has 0 fully saturated rings. The van der Waals surface area contributed by atoms with Crippen molar-refractivity contribution < 1.29 is 24.4 Å². The van der Waals surface area contributed by atoms with Gasteiger partial charge in [-0.15, -0.1) is 0 Å². The zero-order chi connectivity index (χ0) is 18.0. The van der Waals surface area contributed by atoms with Crippen molar-refractivity contribution >= 4 is 17.6 Å². The number of aliphatic carboxylic acids is 1. The molecule has 0 aromatic heterocycles. The number of non-ortho nitro benzene ring substituents is 1.